The molecule has 2 fully saturated rings. The van der Waals surface area contributed by atoms with E-state index in [0.717, 1.165) is 0 Å². The van der Waals surface area contributed by atoms with Crippen LogP contribution in [0.15, 0.2) is 45.9 Å². The smallest absolute Gasteiger partial charge is 0.259 e. The standard InChI is InChI=1S/C22H22BrN3O5S2/c23-18-8-7-17-21(25-18)32-22(24-17)26-20(27)19(31-14-9-11-30-12-10-14)13-1-3-15(4-2-13)33(28,29)16-5-6-16/h1-4,7-8,14,16,19H,5-6,9-12H2,(H,24,26,27). The molecule has 3 aromatic rings. The van der Waals surface area contributed by atoms with Crippen LogP contribution in [0.25, 0.3) is 10.3 Å². The first-order valence-electron chi connectivity index (χ1n) is 10.7. The minimum Gasteiger partial charge on any atom is -0.381 e. The molecule has 11 heteroatoms. The third kappa shape index (κ3) is 5.12. The number of carbonyl (C=O) groups is 1. The van der Waals surface area contributed by atoms with Crippen LogP contribution in [0.5, 0.6) is 0 Å². The Kier molecular flexibility index (Phi) is 6.49. The molecule has 5 rings (SSSR count). The Morgan fingerprint density at radius 2 is 1.82 bits per heavy atom. The minimum absolute atomic E-state index is 0.127. The second-order valence-electron chi connectivity index (χ2n) is 8.11. The van der Waals surface area contributed by atoms with Crippen LogP contribution in [-0.2, 0) is 24.1 Å². The van der Waals surface area contributed by atoms with Crippen LogP contribution in [0.4, 0.5) is 5.13 Å². The molecule has 1 saturated heterocycles. The van der Waals surface area contributed by atoms with Crippen LogP contribution >= 0.6 is 27.3 Å². The quantitative estimate of drug-likeness (QED) is 0.437. The van der Waals surface area contributed by atoms with E-state index in [1.807, 2.05) is 6.07 Å². The van der Waals surface area contributed by atoms with Gasteiger partial charge in [0.05, 0.1) is 16.2 Å². The molecular formula is C22H22BrN3O5S2. The average molecular weight is 552 g/mol. The van der Waals surface area contributed by atoms with Gasteiger partial charge >= 0.3 is 0 Å². The van der Waals surface area contributed by atoms with Crippen molar-refractivity contribution < 1.29 is 22.7 Å². The van der Waals surface area contributed by atoms with Gasteiger partial charge in [0.25, 0.3) is 5.91 Å². The van der Waals surface area contributed by atoms with Gasteiger partial charge in [0.2, 0.25) is 0 Å². The molecule has 1 atom stereocenters. The van der Waals surface area contributed by atoms with E-state index >= 15 is 0 Å². The fourth-order valence-electron chi connectivity index (χ4n) is 3.72. The van der Waals surface area contributed by atoms with E-state index in [1.54, 1.807) is 30.3 Å². The van der Waals surface area contributed by atoms with Crippen molar-refractivity contribution in [1.29, 1.82) is 0 Å². The van der Waals surface area contributed by atoms with E-state index in [-0.39, 0.29) is 22.2 Å². The Bertz CT molecular complexity index is 1270. The molecule has 1 amide bonds. The number of halogens is 1. The number of ether oxygens (including phenoxy) is 2. The number of hydrogen-bond donors (Lipinski definition) is 1. The van der Waals surface area contributed by atoms with Gasteiger partial charge in [0, 0.05) is 13.2 Å². The van der Waals surface area contributed by atoms with Crippen LogP contribution < -0.4 is 5.32 Å². The summed E-state index contributed by atoms with van der Waals surface area (Å²) in [5.74, 6) is -0.364. The molecule has 1 unspecified atom stereocenters. The van der Waals surface area contributed by atoms with Crippen molar-refractivity contribution in [3.63, 3.8) is 0 Å². The van der Waals surface area contributed by atoms with Crippen molar-refractivity contribution in [3.05, 3.63) is 46.6 Å². The maximum atomic E-state index is 13.3. The predicted molar refractivity (Wildman–Crippen MR) is 128 cm³/mol. The van der Waals surface area contributed by atoms with E-state index in [1.165, 1.54) is 11.3 Å². The van der Waals surface area contributed by atoms with Crippen molar-refractivity contribution in [2.45, 2.75) is 48.0 Å². The number of sulfone groups is 1. The topological polar surface area (TPSA) is 107 Å². The van der Waals surface area contributed by atoms with Crippen molar-refractivity contribution in [3.8, 4) is 0 Å². The lowest BCUT2D eigenvalue weighted by Gasteiger charge is -2.27. The lowest BCUT2D eigenvalue weighted by Crippen LogP contribution is -2.31. The van der Waals surface area contributed by atoms with E-state index in [4.69, 9.17) is 9.47 Å². The molecule has 0 bridgehead atoms. The molecule has 0 spiro atoms. The lowest BCUT2D eigenvalue weighted by molar-refractivity contribution is -0.136. The number of amides is 1. The van der Waals surface area contributed by atoms with Gasteiger partial charge < -0.3 is 9.47 Å². The van der Waals surface area contributed by atoms with Crippen molar-refractivity contribution in [2.75, 3.05) is 18.5 Å². The normalized spacial score (nSPS) is 18.3. The number of rotatable bonds is 7. The van der Waals surface area contributed by atoms with Gasteiger partial charge in [-0.15, -0.1) is 0 Å². The lowest BCUT2D eigenvalue weighted by atomic mass is 10.1. The van der Waals surface area contributed by atoms with E-state index in [0.29, 0.717) is 64.5 Å². The molecule has 174 valence electrons. The maximum absolute atomic E-state index is 13.3. The van der Waals surface area contributed by atoms with Gasteiger partial charge in [0.15, 0.2) is 21.1 Å². The van der Waals surface area contributed by atoms with Crippen LogP contribution in [0.3, 0.4) is 0 Å². The summed E-state index contributed by atoms with van der Waals surface area (Å²) in [7, 11) is -3.30. The number of anilines is 1. The first-order chi connectivity index (χ1) is 15.9. The molecule has 0 radical (unpaired) electrons. The summed E-state index contributed by atoms with van der Waals surface area (Å²) in [6.07, 6.45) is 1.76. The fraction of sp³-hybridized carbons (Fsp3) is 0.409. The van der Waals surface area contributed by atoms with Crippen molar-refractivity contribution >= 4 is 58.5 Å². The van der Waals surface area contributed by atoms with Crippen LogP contribution in [0.2, 0.25) is 0 Å². The average Bonchev–Trinajstić information content (AvgIpc) is 3.60. The molecule has 1 aromatic carbocycles. The molecule has 2 aromatic heterocycles. The van der Waals surface area contributed by atoms with Gasteiger partial charge in [-0.25, -0.2) is 18.4 Å². The molecule has 1 N–H and O–H groups in total. The second-order valence-corrected chi connectivity index (χ2v) is 12.1. The Labute approximate surface area is 203 Å². The highest BCUT2D eigenvalue weighted by Gasteiger charge is 2.37. The monoisotopic (exact) mass is 551 g/mol. The van der Waals surface area contributed by atoms with Gasteiger partial charge in [-0.1, -0.05) is 23.5 Å². The molecular weight excluding hydrogens is 530 g/mol. The molecule has 2 aliphatic rings. The Hall–Kier alpha value is -1.92. The second kappa shape index (κ2) is 9.38. The first kappa shape index (κ1) is 22.9. The molecule has 33 heavy (non-hydrogen) atoms. The van der Waals surface area contributed by atoms with Gasteiger partial charge in [-0.05, 0) is 71.4 Å². The molecule has 1 saturated carbocycles. The summed E-state index contributed by atoms with van der Waals surface area (Å²) in [5.41, 5.74) is 1.28. The number of hydrogen-bond acceptors (Lipinski definition) is 8. The summed E-state index contributed by atoms with van der Waals surface area (Å²) in [6.45, 7) is 1.16. The minimum atomic E-state index is -3.30. The molecule has 1 aliphatic carbocycles. The zero-order valence-corrected chi connectivity index (χ0v) is 20.8. The maximum Gasteiger partial charge on any atom is 0.259 e. The predicted octanol–water partition coefficient (Wildman–Crippen LogP) is 4.27. The van der Waals surface area contributed by atoms with Crippen molar-refractivity contribution in [2.24, 2.45) is 0 Å². The summed E-state index contributed by atoms with van der Waals surface area (Å²) in [4.78, 5) is 23.1. The third-order valence-electron chi connectivity index (χ3n) is 5.66. The SMILES string of the molecule is O=C(Nc1nc2ccc(Br)nc2s1)C(OC1CCOCC1)c1ccc(S(=O)(=O)C2CC2)cc1. The summed E-state index contributed by atoms with van der Waals surface area (Å²) in [6, 6.07) is 10.1. The summed E-state index contributed by atoms with van der Waals surface area (Å²) >= 11 is 4.62. The highest BCUT2D eigenvalue weighted by atomic mass is 79.9. The number of fused-ring (bicyclic) bond motifs is 1. The van der Waals surface area contributed by atoms with Crippen molar-refractivity contribution in [1.82, 2.24) is 9.97 Å². The number of nitrogens with one attached hydrogen (secondary N) is 1. The zero-order chi connectivity index (χ0) is 23.0. The van der Waals surface area contributed by atoms with E-state index in [2.05, 4.69) is 31.2 Å². The third-order valence-corrected chi connectivity index (χ3v) is 9.26. The fourth-order valence-corrected chi connectivity index (χ4v) is 6.64. The van der Waals surface area contributed by atoms with E-state index in [9.17, 15) is 13.2 Å². The van der Waals surface area contributed by atoms with E-state index < -0.39 is 15.9 Å². The van der Waals surface area contributed by atoms with Crippen LogP contribution in [0.1, 0.15) is 37.4 Å². The van der Waals surface area contributed by atoms with Gasteiger partial charge in [-0.2, -0.15) is 0 Å². The zero-order valence-electron chi connectivity index (χ0n) is 17.6. The first-order valence-corrected chi connectivity index (χ1v) is 13.9. The van der Waals surface area contributed by atoms with Crippen LogP contribution in [-0.4, -0.2) is 48.9 Å². The largest absolute Gasteiger partial charge is 0.381 e. The number of benzene rings is 1. The Balaban J connectivity index is 1.39. The number of thiazole rings is 1. The van der Waals surface area contributed by atoms with Gasteiger partial charge in [0.1, 0.15) is 15.0 Å². The Morgan fingerprint density at radius 3 is 2.52 bits per heavy atom. The molecule has 1 aliphatic heterocycles. The summed E-state index contributed by atoms with van der Waals surface area (Å²) < 4.78 is 37.4. The summed E-state index contributed by atoms with van der Waals surface area (Å²) in [5, 5.41) is 2.99. The number of nitrogens with zero attached hydrogens (tertiary/aromatic N) is 2. The molecule has 3 heterocycles. The van der Waals surface area contributed by atoms with Crippen LogP contribution in [0, 0.1) is 0 Å². The number of aromatic nitrogens is 2. The molecule has 8 nitrogen and oxygen atoms in total. The number of carbonyl (C=O) groups excluding carboxylic acids is 1. The highest BCUT2D eigenvalue weighted by Crippen LogP contribution is 2.34. The van der Waals surface area contributed by atoms with Gasteiger partial charge in [-0.3, -0.25) is 10.1 Å². The Morgan fingerprint density at radius 1 is 1.09 bits per heavy atom. The number of pyridine rings is 1. The highest BCUT2D eigenvalue weighted by molar-refractivity contribution is 9.10.